The lowest BCUT2D eigenvalue weighted by atomic mass is 9.86. The molecule has 0 spiro atoms. The first-order valence-electron chi connectivity index (χ1n) is 11.1. The molecule has 2 heterocycles. The van der Waals surface area contributed by atoms with Crippen molar-refractivity contribution in [3.05, 3.63) is 71.8 Å². The highest BCUT2D eigenvalue weighted by Gasteiger charge is 2.31. The van der Waals surface area contributed by atoms with E-state index < -0.39 is 11.7 Å². The highest BCUT2D eigenvalue weighted by atomic mass is 19.4. The number of nitrogens with zero attached hydrogens (tertiary/aromatic N) is 2. The molecule has 1 aliphatic rings. The summed E-state index contributed by atoms with van der Waals surface area (Å²) in [6.07, 6.45) is -3.75. The molecule has 1 aromatic heterocycles. The van der Waals surface area contributed by atoms with E-state index in [1.165, 1.54) is 6.07 Å². The van der Waals surface area contributed by atoms with Crippen molar-refractivity contribution >= 4 is 23.2 Å². The van der Waals surface area contributed by atoms with Crippen molar-refractivity contribution in [2.45, 2.75) is 38.8 Å². The Morgan fingerprint density at radius 1 is 1.03 bits per heavy atom. The number of benzene rings is 2. The van der Waals surface area contributed by atoms with Gasteiger partial charge >= 0.3 is 12.2 Å². The standard InChI is InChI=1S/C26H27F3N4O/c1-25(2,3)19-10-4-5-11-21(19)32-24(34)33-15-7-14-30-22-13-12-20(31-23(22)33)17-8-6-9-18(16-17)26(27,28)29/h4-6,8-13,16,30H,7,14-15H2,1-3H3,(H,32,34). The third kappa shape index (κ3) is 5.00. The monoisotopic (exact) mass is 468 g/mol. The number of carbonyl (C=O) groups is 1. The zero-order valence-corrected chi connectivity index (χ0v) is 19.3. The second-order valence-electron chi connectivity index (χ2n) is 9.30. The maximum atomic E-state index is 13.4. The molecule has 5 nitrogen and oxygen atoms in total. The van der Waals surface area contributed by atoms with Crippen LogP contribution in [0.2, 0.25) is 0 Å². The Morgan fingerprint density at radius 2 is 1.79 bits per heavy atom. The predicted molar refractivity (Wildman–Crippen MR) is 129 cm³/mol. The molecule has 0 aliphatic carbocycles. The van der Waals surface area contributed by atoms with E-state index in [1.807, 2.05) is 24.3 Å². The molecular weight excluding hydrogens is 441 g/mol. The molecule has 2 amide bonds. The number of urea groups is 1. The van der Waals surface area contributed by atoms with Crippen LogP contribution in [0.15, 0.2) is 60.7 Å². The minimum absolute atomic E-state index is 0.170. The summed E-state index contributed by atoms with van der Waals surface area (Å²) in [5.74, 6) is 0.387. The maximum absolute atomic E-state index is 13.4. The van der Waals surface area contributed by atoms with Crippen LogP contribution in [0.1, 0.15) is 38.3 Å². The van der Waals surface area contributed by atoms with Gasteiger partial charge in [0.15, 0.2) is 5.82 Å². The molecule has 2 N–H and O–H groups in total. The molecule has 0 atom stereocenters. The number of aromatic nitrogens is 1. The maximum Gasteiger partial charge on any atom is 0.416 e. The largest absolute Gasteiger partial charge is 0.416 e. The summed E-state index contributed by atoms with van der Waals surface area (Å²) in [4.78, 5) is 19.6. The fraction of sp³-hybridized carbons (Fsp3) is 0.308. The van der Waals surface area contributed by atoms with Crippen LogP contribution in [-0.4, -0.2) is 24.1 Å². The number of amides is 2. The van der Waals surface area contributed by atoms with Gasteiger partial charge in [-0.25, -0.2) is 9.78 Å². The third-order valence-corrected chi connectivity index (χ3v) is 5.71. The van der Waals surface area contributed by atoms with Crippen LogP contribution in [0.5, 0.6) is 0 Å². The van der Waals surface area contributed by atoms with Gasteiger partial charge in [0, 0.05) is 24.3 Å². The molecule has 0 fully saturated rings. The fourth-order valence-corrected chi connectivity index (χ4v) is 4.00. The van der Waals surface area contributed by atoms with Gasteiger partial charge in [-0.2, -0.15) is 13.2 Å². The zero-order valence-electron chi connectivity index (χ0n) is 19.3. The van der Waals surface area contributed by atoms with E-state index in [0.717, 1.165) is 17.7 Å². The number of fused-ring (bicyclic) bond motifs is 1. The van der Waals surface area contributed by atoms with E-state index in [-0.39, 0.29) is 11.4 Å². The molecule has 0 unspecified atom stereocenters. The average Bonchev–Trinajstić information content (AvgIpc) is 3.00. The molecule has 0 bridgehead atoms. The number of carbonyl (C=O) groups excluding carboxylic acids is 1. The van der Waals surface area contributed by atoms with E-state index in [4.69, 9.17) is 0 Å². The molecule has 34 heavy (non-hydrogen) atoms. The topological polar surface area (TPSA) is 57.3 Å². The second-order valence-corrected chi connectivity index (χ2v) is 9.30. The number of hydrogen-bond acceptors (Lipinski definition) is 3. The van der Waals surface area contributed by atoms with Gasteiger partial charge in [-0.15, -0.1) is 0 Å². The summed E-state index contributed by atoms with van der Waals surface area (Å²) in [5, 5.41) is 6.27. The lowest BCUT2D eigenvalue weighted by Crippen LogP contribution is -2.36. The number of nitrogens with one attached hydrogen (secondary N) is 2. The summed E-state index contributed by atoms with van der Waals surface area (Å²) in [7, 11) is 0. The molecule has 0 saturated heterocycles. The SMILES string of the molecule is CC(C)(C)c1ccccc1NC(=O)N1CCCNc2ccc(-c3cccc(C(F)(F)F)c3)nc21. The Morgan fingerprint density at radius 3 is 2.53 bits per heavy atom. The van der Waals surface area contributed by atoms with Gasteiger partial charge in [0.25, 0.3) is 0 Å². The van der Waals surface area contributed by atoms with Gasteiger partial charge in [-0.05, 0) is 47.7 Å². The zero-order chi connectivity index (χ0) is 24.5. The average molecular weight is 469 g/mol. The molecule has 4 rings (SSSR count). The molecule has 3 aromatic rings. The van der Waals surface area contributed by atoms with Crippen molar-refractivity contribution < 1.29 is 18.0 Å². The number of halogens is 3. The van der Waals surface area contributed by atoms with Gasteiger partial charge in [-0.3, -0.25) is 4.90 Å². The van der Waals surface area contributed by atoms with Crippen LogP contribution in [0.4, 0.5) is 35.2 Å². The second kappa shape index (κ2) is 9.00. The van der Waals surface area contributed by atoms with Gasteiger partial charge in [0.05, 0.1) is 16.9 Å². The summed E-state index contributed by atoms with van der Waals surface area (Å²) >= 11 is 0. The van der Waals surface area contributed by atoms with E-state index in [2.05, 4.69) is 36.4 Å². The van der Waals surface area contributed by atoms with Crippen molar-refractivity contribution in [3.63, 3.8) is 0 Å². The van der Waals surface area contributed by atoms with Crippen LogP contribution in [0.3, 0.4) is 0 Å². The highest BCUT2D eigenvalue weighted by Crippen LogP contribution is 2.35. The van der Waals surface area contributed by atoms with Gasteiger partial charge in [0.1, 0.15) is 0 Å². The van der Waals surface area contributed by atoms with Gasteiger partial charge < -0.3 is 10.6 Å². The number of hydrogen-bond donors (Lipinski definition) is 2. The van der Waals surface area contributed by atoms with Crippen molar-refractivity contribution in [3.8, 4) is 11.3 Å². The van der Waals surface area contributed by atoms with Gasteiger partial charge in [0.2, 0.25) is 0 Å². The van der Waals surface area contributed by atoms with Gasteiger partial charge in [-0.1, -0.05) is 51.1 Å². The Balaban J connectivity index is 1.70. The number of para-hydroxylation sites is 1. The molecule has 1 aliphatic heterocycles. The van der Waals surface area contributed by atoms with Crippen LogP contribution in [-0.2, 0) is 11.6 Å². The first-order chi connectivity index (χ1) is 16.0. The van der Waals surface area contributed by atoms with Crippen molar-refractivity contribution in [2.24, 2.45) is 0 Å². The molecule has 2 aromatic carbocycles. The van der Waals surface area contributed by atoms with E-state index >= 15 is 0 Å². The number of alkyl halides is 3. The van der Waals surface area contributed by atoms with E-state index in [0.29, 0.717) is 48.0 Å². The minimum atomic E-state index is -4.45. The highest BCUT2D eigenvalue weighted by molar-refractivity contribution is 6.03. The normalized spacial score (nSPS) is 14.1. The first kappa shape index (κ1) is 23.6. The van der Waals surface area contributed by atoms with Crippen LogP contribution < -0.4 is 15.5 Å². The molecule has 178 valence electrons. The molecular formula is C26H27F3N4O. The van der Waals surface area contributed by atoms with Crippen molar-refractivity contribution in [1.82, 2.24) is 4.98 Å². The summed E-state index contributed by atoms with van der Waals surface area (Å²) in [5.41, 5.74) is 2.16. The summed E-state index contributed by atoms with van der Waals surface area (Å²) < 4.78 is 39.6. The predicted octanol–water partition coefficient (Wildman–Crippen LogP) is 6.92. The van der Waals surface area contributed by atoms with Crippen LogP contribution >= 0.6 is 0 Å². The lowest BCUT2D eigenvalue weighted by Gasteiger charge is -2.26. The Kier molecular flexibility index (Phi) is 6.25. The van der Waals surface area contributed by atoms with Crippen molar-refractivity contribution in [2.75, 3.05) is 28.6 Å². The van der Waals surface area contributed by atoms with Crippen LogP contribution in [0.25, 0.3) is 11.3 Å². The first-order valence-corrected chi connectivity index (χ1v) is 11.1. The fourth-order valence-electron chi connectivity index (χ4n) is 4.00. The van der Waals surface area contributed by atoms with Crippen LogP contribution in [0, 0.1) is 0 Å². The number of anilines is 3. The Labute approximate surface area is 197 Å². The Hall–Kier alpha value is -3.55. The molecule has 0 saturated carbocycles. The molecule has 8 heteroatoms. The Bertz CT molecular complexity index is 1200. The minimum Gasteiger partial charge on any atom is -0.382 e. The lowest BCUT2D eigenvalue weighted by molar-refractivity contribution is -0.137. The number of rotatable bonds is 2. The number of pyridine rings is 1. The summed E-state index contributed by atoms with van der Waals surface area (Å²) in [6, 6.07) is 15.8. The summed E-state index contributed by atoms with van der Waals surface area (Å²) in [6.45, 7) is 7.30. The van der Waals surface area contributed by atoms with E-state index in [9.17, 15) is 18.0 Å². The smallest absolute Gasteiger partial charge is 0.382 e. The molecule has 0 radical (unpaired) electrons. The van der Waals surface area contributed by atoms with Crippen molar-refractivity contribution in [1.29, 1.82) is 0 Å². The van der Waals surface area contributed by atoms with E-state index in [1.54, 1.807) is 23.1 Å². The quantitative estimate of drug-likeness (QED) is 0.429. The third-order valence-electron chi connectivity index (χ3n) is 5.71.